The monoisotopic (exact) mass is 1420 g/mol. The Kier molecular flexibility index (Phi) is 67.1. The molecule has 0 saturated heterocycles. The van der Waals surface area contributed by atoms with Crippen molar-refractivity contribution in [2.75, 3.05) is 39.6 Å². The van der Waals surface area contributed by atoms with E-state index in [0.717, 1.165) is 114 Å². The van der Waals surface area contributed by atoms with E-state index in [1.165, 1.54) is 205 Å². The van der Waals surface area contributed by atoms with Crippen molar-refractivity contribution >= 4 is 39.5 Å². The van der Waals surface area contributed by atoms with Gasteiger partial charge in [0.1, 0.15) is 19.3 Å². The van der Waals surface area contributed by atoms with Gasteiger partial charge in [-0.2, -0.15) is 0 Å². The van der Waals surface area contributed by atoms with Crippen molar-refractivity contribution in [1.82, 2.24) is 0 Å². The maximum absolute atomic E-state index is 13.1. The van der Waals surface area contributed by atoms with E-state index < -0.39 is 97.5 Å². The quantitative estimate of drug-likeness (QED) is 0.0222. The first-order valence-corrected chi connectivity index (χ1v) is 43.4. The van der Waals surface area contributed by atoms with Crippen molar-refractivity contribution in [3.8, 4) is 0 Å². The fourth-order valence-electron chi connectivity index (χ4n) is 11.9. The van der Waals surface area contributed by atoms with E-state index in [1.54, 1.807) is 0 Å². The first-order chi connectivity index (χ1) is 46.8. The summed E-state index contributed by atoms with van der Waals surface area (Å²) < 4.78 is 68.6. The van der Waals surface area contributed by atoms with Crippen LogP contribution < -0.4 is 0 Å². The van der Waals surface area contributed by atoms with Gasteiger partial charge >= 0.3 is 39.5 Å². The van der Waals surface area contributed by atoms with Gasteiger partial charge in [-0.15, -0.1) is 0 Å². The summed E-state index contributed by atoms with van der Waals surface area (Å²) >= 11 is 0. The lowest BCUT2D eigenvalue weighted by atomic mass is 10.00. The number of aliphatic hydroxyl groups is 1. The Bertz CT molecular complexity index is 1890. The summed E-state index contributed by atoms with van der Waals surface area (Å²) in [5.41, 5.74) is 0. The lowest BCUT2D eigenvalue weighted by molar-refractivity contribution is -0.161. The first kappa shape index (κ1) is 95.1. The number of aliphatic hydroxyl groups excluding tert-OH is 1. The number of hydrogen-bond donors (Lipinski definition) is 3. The molecule has 0 amide bonds. The van der Waals surface area contributed by atoms with Gasteiger partial charge in [0.2, 0.25) is 0 Å². The fraction of sp³-hybridized carbons (Fsp3) is 0.949. The van der Waals surface area contributed by atoms with Crippen LogP contribution in [0.2, 0.25) is 0 Å². The molecular formula is C78H152O17P2. The van der Waals surface area contributed by atoms with Gasteiger partial charge in [-0.05, 0) is 43.4 Å². The maximum Gasteiger partial charge on any atom is 0.472 e. The van der Waals surface area contributed by atoms with Gasteiger partial charge < -0.3 is 33.8 Å². The molecule has 0 aromatic heterocycles. The Morgan fingerprint density at radius 3 is 0.784 bits per heavy atom. The van der Waals surface area contributed by atoms with E-state index in [4.69, 9.17) is 37.0 Å². The molecule has 3 unspecified atom stereocenters. The molecular weight excluding hydrogens is 1270 g/mol. The number of esters is 4. The van der Waals surface area contributed by atoms with Crippen LogP contribution in [0.4, 0.5) is 0 Å². The smallest absolute Gasteiger partial charge is 0.462 e. The Hall–Kier alpha value is -1.94. The molecule has 0 spiro atoms. The Morgan fingerprint density at radius 1 is 0.299 bits per heavy atom. The minimum absolute atomic E-state index is 0.107. The largest absolute Gasteiger partial charge is 0.472 e. The number of phosphoric ester groups is 2. The summed E-state index contributed by atoms with van der Waals surface area (Å²) in [7, 11) is -9.92. The second-order valence-electron chi connectivity index (χ2n) is 29.3. The van der Waals surface area contributed by atoms with Crippen LogP contribution in [-0.4, -0.2) is 96.7 Å². The number of hydrogen-bond acceptors (Lipinski definition) is 15. The molecule has 576 valence electrons. The number of rotatable bonds is 76. The zero-order valence-electron chi connectivity index (χ0n) is 63.5. The van der Waals surface area contributed by atoms with Crippen LogP contribution in [0.15, 0.2) is 0 Å². The van der Waals surface area contributed by atoms with E-state index in [1.807, 2.05) is 0 Å². The number of ether oxygens (including phenoxy) is 4. The summed E-state index contributed by atoms with van der Waals surface area (Å²) in [4.78, 5) is 72.9. The SMILES string of the molecule is CCCCCCCCCCCCCCCC(=O)O[C@H](COC(=O)CCCCCCCCC(C)CC)COP(=O)(O)OC[C@H](O)COP(=O)(O)OC[C@@H](COC(=O)CCCCCCCCCCCCCCCCC(C)C)OC(=O)CCCCCCCCCCCCCCCCC(C)C. The summed E-state index contributed by atoms with van der Waals surface area (Å²) in [6, 6.07) is 0. The molecule has 19 heteroatoms. The van der Waals surface area contributed by atoms with Crippen molar-refractivity contribution in [2.45, 2.75) is 420 Å². The van der Waals surface area contributed by atoms with Crippen LogP contribution >= 0.6 is 15.6 Å². The zero-order chi connectivity index (χ0) is 71.6. The standard InChI is InChI=1S/C78H152O17P2/c1-8-10-11-12-13-14-15-20-28-33-38-47-54-61-78(83)95-74(66-89-76(81)60-53-46-41-40-44-51-58-71(7)9-2)68-93-97(86,87)91-64-72(79)63-90-96(84,85)92-67-73(94-77(82)62-55-48-39-34-29-24-19-17-22-26-31-36-43-50-57-70(5)6)65-88-75(80)59-52-45-37-32-27-23-18-16-21-25-30-35-42-49-56-69(3)4/h69-74,79H,8-68H2,1-7H3,(H,84,85)(H,86,87)/t71?,72-,73-,74-/m1/s1. The average Bonchev–Trinajstić information content (AvgIpc) is 0.984. The topological polar surface area (TPSA) is 237 Å². The molecule has 3 N–H and O–H groups in total. The van der Waals surface area contributed by atoms with Gasteiger partial charge in [-0.1, -0.05) is 350 Å². The van der Waals surface area contributed by atoms with Gasteiger partial charge in [0.25, 0.3) is 0 Å². The minimum atomic E-state index is -4.96. The average molecular weight is 1420 g/mol. The molecule has 0 aromatic carbocycles. The molecule has 0 fully saturated rings. The van der Waals surface area contributed by atoms with Crippen molar-refractivity contribution in [3.63, 3.8) is 0 Å². The highest BCUT2D eigenvalue weighted by molar-refractivity contribution is 7.47. The van der Waals surface area contributed by atoms with Crippen LogP contribution in [0.25, 0.3) is 0 Å². The fourth-order valence-corrected chi connectivity index (χ4v) is 13.5. The predicted molar refractivity (Wildman–Crippen MR) is 395 cm³/mol. The predicted octanol–water partition coefficient (Wildman–Crippen LogP) is 23.0. The Morgan fingerprint density at radius 2 is 0.526 bits per heavy atom. The Balaban J connectivity index is 5.25. The summed E-state index contributed by atoms with van der Waals surface area (Å²) in [5, 5.41) is 10.6. The number of carbonyl (C=O) groups is 4. The molecule has 97 heavy (non-hydrogen) atoms. The third-order valence-corrected chi connectivity index (χ3v) is 20.4. The van der Waals surface area contributed by atoms with Gasteiger partial charge in [-0.3, -0.25) is 37.3 Å². The normalized spacial score (nSPS) is 14.3. The van der Waals surface area contributed by atoms with Gasteiger partial charge in [0.05, 0.1) is 26.4 Å². The van der Waals surface area contributed by atoms with E-state index in [0.29, 0.717) is 25.7 Å². The third kappa shape index (κ3) is 70.9. The second kappa shape index (κ2) is 68.5. The highest BCUT2D eigenvalue weighted by atomic mass is 31.2. The van der Waals surface area contributed by atoms with Crippen LogP contribution in [0.5, 0.6) is 0 Å². The van der Waals surface area contributed by atoms with E-state index >= 15 is 0 Å². The zero-order valence-corrected chi connectivity index (χ0v) is 65.3. The van der Waals surface area contributed by atoms with Crippen molar-refractivity contribution in [3.05, 3.63) is 0 Å². The number of unbranched alkanes of at least 4 members (excludes halogenated alkanes) is 43. The van der Waals surface area contributed by atoms with Gasteiger partial charge in [-0.25, -0.2) is 9.13 Å². The molecule has 0 aliphatic rings. The van der Waals surface area contributed by atoms with Crippen molar-refractivity contribution in [2.24, 2.45) is 17.8 Å². The molecule has 17 nitrogen and oxygen atoms in total. The van der Waals surface area contributed by atoms with Gasteiger partial charge in [0.15, 0.2) is 12.2 Å². The molecule has 6 atom stereocenters. The highest BCUT2D eigenvalue weighted by Crippen LogP contribution is 2.45. The maximum atomic E-state index is 13.1. The van der Waals surface area contributed by atoms with Crippen molar-refractivity contribution < 1.29 is 80.2 Å². The van der Waals surface area contributed by atoms with E-state index in [2.05, 4.69) is 48.5 Å². The summed E-state index contributed by atoms with van der Waals surface area (Å²) in [6.07, 6.45) is 55.4. The molecule has 0 aliphatic carbocycles. The van der Waals surface area contributed by atoms with Crippen molar-refractivity contribution in [1.29, 1.82) is 0 Å². The molecule has 0 aromatic rings. The number of carbonyl (C=O) groups excluding carboxylic acids is 4. The molecule has 0 bridgehead atoms. The molecule has 0 aliphatic heterocycles. The van der Waals surface area contributed by atoms with Crippen LogP contribution in [0.1, 0.15) is 402 Å². The second-order valence-corrected chi connectivity index (χ2v) is 32.2. The van der Waals surface area contributed by atoms with E-state index in [-0.39, 0.29) is 25.7 Å². The highest BCUT2D eigenvalue weighted by Gasteiger charge is 2.30. The summed E-state index contributed by atoms with van der Waals surface area (Å²) in [5.74, 6) is 0.211. The lowest BCUT2D eigenvalue weighted by Crippen LogP contribution is -2.30. The summed E-state index contributed by atoms with van der Waals surface area (Å²) in [6.45, 7) is 11.9. The molecule has 0 saturated carbocycles. The minimum Gasteiger partial charge on any atom is -0.462 e. The molecule has 0 heterocycles. The van der Waals surface area contributed by atoms with Gasteiger partial charge in [0, 0.05) is 25.7 Å². The lowest BCUT2D eigenvalue weighted by Gasteiger charge is -2.21. The van der Waals surface area contributed by atoms with Crippen LogP contribution in [0.3, 0.4) is 0 Å². The van der Waals surface area contributed by atoms with Crippen LogP contribution in [-0.2, 0) is 65.4 Å². The van der Waals surface area contributed by atoms with E-state index in [9.17, 15) is 43.2 Å². The molecule has 0 radical (unpaired) electrons. The third-order valence-electron chi connectivity index (χ3n) is 18.5. The number of phosphoric acid groups is 2. The molecule has 0 rings (SSSR count). The Labute approximate surface area is 594 Å². The first-order valence-electron chi connectivity index (χ1n) is 40.4. The van der Waals surface area contributed by atoms with Crippen LogP contribution in [0, 0.1) is 17.8 Å².